The predicted octanol–water partition coefficient (Wildman–Crippen LogP) is 5.10. The lowest BCUT2D eigenvalue weighted by atomic mass is 10.2. The van der Waals surface area contributed by atoms with Gasteiger partial charge >= 0.3 is 0 Å². The number of amides is 1. The number of hydrogen-bond acceptors (Lipinski definition) is 6. The molecular formula is C23H21BrN2O4S. The Morgan fingerprint density at radius 2 is 1.97 bits per heavy atom. The first kappa shape index (κ1) is 22.8. The van der Waals surface area contributed by atoms with Crippen LogP contribution in [0.15, 0.2) is 50.8 Å². The molecule has 0 radical (unpaired) electrons. The zero-order valence-electron chi connectivity index (χ0n) is 17.3. The number of nitrogens with zero attached hydrogens (tertiary/aromatic N) is 2. The summed E-state index contributed by atoms with van der Waals surface area (Å²) in [6, 6.07) is 11.0. The van der Waals surface area contributed by atoms with Crippen molar-refractivity contribution in [2.75, 3.05) is 27.4 Å². The van der Waals surface area contributed by atoms with Crippen LogP contribution in [-0.2, 0) is 4.79 Å². The second-order valence-electron chi connectivity index (χ2n) is 6.28. The number of ether oxygens (including phenoxy) is 3. The van der Waals surface area contributed by atoms with Crippen LogP contribution < -0.4 is 14.2 Å². The number of amidine groups is 1. The van der Waals surface area contributed by atoms with E-state index in [1.165, 1.54) is 11.8 Å². The molecule has 6 nitrogen and oxygen atoms in total. The number of aliphatic imine (C=N–C) groups is 1. The first-order chi connectivity index (χ1) is 15.0. The molecule has 1 amide bonds. The lowest BCUT2D eigenvalue weighted by Crippen LogP contribution is -2.28. The Morgan fingerprint density at radius 1 is 1.23 bits per heavy atom. The summed E-state index contributed by atoms with van der Waals surface area (Å²) in [5, 5.41) is 0.629. The summed E-state index contributed by atoms with van der Waals surface area (Å²) in [6.45, 7) is 2.56. The highest BCUT2D eigenvalue weighted by atomic mass is 79.9. The molecule has 1 fully saturated rings. The van der Waals surface area contributed by atoms with Crippen molar-refractivity contribution < 1.29 is 19.0 Å². The molecule has 1 aliphatic rings. The molecule has 31 heavy (non-hydrogen) atoms. The number of methoxy groups -OCH3 is 2. The fraction of sp³-hybridized carbons (Fsp3) is 0.217. The van der Waals surface area contributed by atoms with Crippen molar-refractivity contribution >= 4 is 50.5 Å². The highest BCUT2D eigenvalue weighted by Gasteiger charge is 2.32. The fourth-order valence-corrected chi connectivity index (χ4v) is 4.50. The number of thioether (sulfide) groups is 1. The summed E-state index contributed by atoms with van der Waals surface area (Å²) >= 11 is 4.82. The third-order valence-corrected chi connectivity index (χ3v) is 5.95. The van der Waals surface area contributed by atoms with E-state index in [0.29, 0.717) is 32.6 Å². The van der Waals surface area contributed by atoms with E-state index >= 15 is 0 Å². The monoisotopic (exact) mass is 500 g/mol. The number of carbonyl (C=O) groups is 1. The Kier molecular flexibility index (Phi) is 7.66. The van der Waals surface area contributed by atoms with Crippen LogP contribution in [0.5, 0.6) is 17.2 Å². The summed E-state index contributed by atoms with van der Waals surface area (Å²) in [4.78, 5) is 19.8. The number of halogens is 1. The molecule has 1 aliphatic heterocycles. The quantitative estimate of drug-likeness (QED) is 0.390. The van der Waals surface area contributed by atoms with Gasteiger partial charge in [0.15, 0.2) is 16.7 Å². The topological polar surface area (TPSA) is 60.4 Å². The average Bonchev–Trinajstić information content (AvgIpc) is 3.06. The fourth-order valence-electron chi connectivity index (χ4n) is 2.87. The SMILES string of the molecule is C#CCOc1c(Br)cc(/C=C2\SC(=Nc3ccc(OC)cc3)N(CC)C2=O)cc1OC. The van der Waals surface area contributed by atoms with Gasteiger partial charge in [0, 0.05) is 6.54 Å². The molecule has 3 rings (SSSR count). The number of benzene rings is 2. The van der Waals surface area contributed by atoms with Crippen LogP contribution in [0.4, 0.5) is 5.69 Å². The van der Waals surface area contributed by atoms with Gasteiger partial charge in [-0.05, 0) is 82.7 Å². The molecule has 2 aromatic rings. The minimum absolute atomic E-state index is 0.0949. The molecule has 8 heteroatoms. The van der Waals surface area contributed by atoms with Crippen molar-refractivity contribution in [3.63, 3.8) is 0 Å². The van der Waals surface area contributed by atoms with E-state index in [-0.39, 0.29) is 12.5 Å². The van der Waals surface area contributed by atoms with Gasteiger partial charge in [-0.25, -0.2) is 4.99 Å². The average molecular weight is 501 g/mol. The minimum atomic E-state index is -0.0949. The van der Waals surface area contributed by atoms with Crippen molar-refractivity contribution in [1.29, 1.82) is 0 Å². The Bertz CT molecular complexity index is 1070. The lowest BCUT2D eigenvalue weighted by molar-refractivity contribution is -0.122. The van der Waals surface area contributed by atoms with E-state index in [4.69, 9.17) is 20.6 Å². The minimum Gasteiger partial charge on any atom is -0.497 e. The van der Waals surface area contributed by atoms with Gasteiger partial charge in [-0.2, -0.15) is 0 Å². The Morgan fingerprint density at radius 3 is 2.58 bits per heavy atom. The van der Waals surface area contributed by atoms with Crippen LogP contribution in [0.3, 0.4) is 0 Å². The highest BCUT2D eigenvalue weighted by Crippen LogP contribution is 2.39. The largest absolute Gasteiger partial charge is 0.497 e. The van der Waals surface area contributed by atoms with E-state index in [0.717, 1.165) is 17.0 Å². The molecule has 160 valence electrons. The molecule has 0 bridgehead atoms. The van der Waals surface area contributed by atoms with Gasteiger partial charge in [-0.1, -0.05) is 5.92 Å². The first-order valence-corrected chi connectivity index (χ1v) is 11.0. The predicted molar refractivity (Wildman–Crippen MR) is 128 cm³/mol. The van der Waals surface area contributed by atoms with Crippen LogP contribution in [0.25, 0.3) is 6.08 Å². The molecule has 0 unspecified atom stereocenters. The maximum atomic E-state index is 12.9. The van der Waals surface area contributed by atoms with Gasteiger partial charge in [0.1, 0.15) is 12.4 Å². The van der Waals surface area contributed by atoms with Crippen molar-refractivity contribution in [3.8, 4) is 29.6 Å². The lowest BCUT2D eigenvalue weighted by Gasteiger charge is -2.12. The summed E-state index contributed by atoms with van der Waals surface area (Å²) in [7, 11) is 3.17. The van der Waals surface area contributed by atoms with Crippen LogP contribution in [0.2, 0.25) is 0 Å². The van der Waals surface area contributed by atoms with Crippen molar-refractivity contribution in [3.05, 3.63) is 51.3 Å². The van der Waals surface area contributed by atoms with Gasteiger partial charge in [-0.3, -0.25) is 9.69 Å². The third kappa shape index (κ3) is 5.24. The molecule has 0 saturated carbocycles. The smallest absolute Gasteiger partial charge is 0.266 e. The van der Waals surface area contributed by atoms with Gasteiger partial charge in [0.25, 0.3) is 5.91 Å². The summed E-state index contributed by atoms with van der Waals surface area (Å²) in [6.07, 6.45) is 7.09. The number of terminal acetylenes is 1. The molecule has 1 heterocycles. The second kappa shape index (κ2) is 10.4. The Labute approximate surface area is 194 Å². The molecule has 0 spiro atoms. The number of hydrogen-bond donors (Lipinski definition) is 0. The zero-order chi connectivity index (χ0) is 22.4. The molecular weight excluding hydrogens is 480 g/mol. The van der Waals surface area contributed by atoms with E-state index in [9.17, 15) is 4.79 Å². The van der Waals surface area contributed by atoms with Crippen LogP contribution in [0, 0.1) is 12.3 Å². The first-order valence-electron chi connectivity index (χ1n) is 9.38. The second-order valence-corrected chi connectivity index (χ2v) is 8.14. The van der Waals surface area contributed by atoms with Gasteiger partial charge in [0.2, 0.25) is 0 Å². The molecule has 0 N–H and O–H groups in total. The van der Waals surface area contributed by atoms with E-state index < -0.39 is 0 Å². The Balaban J connectivity index is 1.92. The molecule has 2 aromatic carbocycles. The van der Waals surface area contributed by atoms with Crippen molar-refractivity contribution in [2.24, 2.45) is 4.99 Å². The molecule has 0 aromatic heterocycles. The zero-order valence-corrected chi connectivity index (χ0v) is 19.7. The van der Waals surface area contributed by atoms with Crippen molar-refractivity contribution in [1.82, 2.24) is 4.90 Å². The van der Waals surface area contributed by atoms with E-state index in [2.05, 4.69) is 26.8 Å². The number of rotatable bonds is 7. The Hall–Kier alpha value is -2.89. The third-order valence-electron chi connectivity index (χ3n) is 4.35. The number of carbonyl (C=O) groups excluding carboxylic acids is 1. The van der Waals surface area contributed by atoms with E-state index in [1.54, 1.807) is 25.2 Å². The normalized spacial score (nSPS) is 16.0. The van der Waals surface area contributed by atoms with Gasteiger partial charge in [0.05, 0.1) is 29.3 Å². The van der Waals surface area contributed by atoms with Gasteiger partial charge < -0.3 is 14.2 Å². The summed E-state index contributed by atoms with van der Waals surface area (Å²) in [5.41, 5.74) is 1.53. The highest BCUT2D eigenvalue weighted by molar-refractivity contribution is 9.10. The molecule has 0 atom stereocenters. The maximum Gasteiger partial charge on any atom is 0.266 e. The standard InChI is InChI=1S/C23H21BrN2O4S/c1-5-11-30-21-18(24)12-15(13-19(21)29-4)14-20-22(27)26(6-2)23(31-20)25-16-7-9-17(28-3)10-8-16/h1,7-10,12-14H,6,11H2,2-4H3/b20-14-,25-23?. The van der Waals surface area contributed by atoms with Crippen LogP contribution in [-0.4, -0.2) is 43.3 Å². The molecule has 0 aliphatic carbocycles. The van der Waals surface area contributed by atoms with Crippen LogP contribution >= 0.6 is 27.7 Å². The summed E-state index contributed by atoms with van der Waals surface area (Å²) < 4.78 is 16.8. The van der Waals surface area contributed by atoms with Gasteiger partial charge in [-0.15, -0.1) is 6.42 Å². The van der Waals surface area contributed by atoms with Crippen LogP contribution in [0.1, 0.15) is 12.5 Å². The molecule has 1 saturated heterocycles. The number of likely N-dealkylation sites (N-methyl/N-ethyl adjacent to an activating group) is 1. The van der Waals surface area contributed by atoms with E-state index in [1.807, 2.05) is 43.3 Å². The summed E-state index contributed by atoms with van der Waals surface area (Å²) in [5.74, 6) is 4.13. The maximum absolute atomic E-state index is 12.9. The van der Waals surface area contributed by atoms with Crippen molar-refractivity contribution in [2.45, 2.75) is 6.92 Å².